The van der Waals surface area contributed by atoms with Gasteiger partial charge in [-0.1, -0.05) is 0 Å². The molecule has 0 aromatic heterocycles. The molecule has 1 N–H and O–H groups in total. The number of benzene rings is 1. The first-order chi connectivity index (χ1) is 14.3. The van der Waals surface area contributed by atoms with Crippen molar-refractivity contribution < 1.29 is 32.2 Å². The summed E-state index contributed by atoms with van der Waals surface area (Å²) in [6, 6.07) is 2.57. The number of carbonyl (C=O) groups is 1. The standard InChI is InChI=1S/C20H26BrF3N2O4/c1-28-6-2-7-29-15-9-13(18(21)16(10-15)20(22,23)24)12-26(14-3-4-14)19(27)17-11-25-5-8-30-17/h9-10,14,17,25H,2-8,11-12H2,1H3/t17-/m1/s1. The van der Waals surface area contributed by atoms with Crippen molar-refractivity contribution in [1.82, 2.24) is 10.2 Å². The van der Waals surface area contributed by atoms with Crippen LogP contribution in [0.5, 0.6) is 5.75 Å². The fourth-order valence-corrected chi connectivity index (χ4v) is 3.90. The Kier molecular flexibility index (Phi) is 8.00. The molecular formula is C20H26BrF3N2O4. The van der Waals surface area contributed by atoms with Crippen LogP contribution < -0.4 is 10.1 Å². The highest BCUT2D eigenvalue weighted by atomic mass is 79.9. The summed E-state index contributed by atoms with van der Waals surface area (Å²) in [5.41, 5.74) is -0.462. The summed E-state index contributed by atoms with van der Waals surface area (Å²) in [5.74, 6) is -0.0769. The molecule has 10 heteroatoms. The van der Waals surface area contributed by atoms with Crippen molar-refractivity contribution in [3.05, 3.63) is 27.7 Å². The van der Waals surface area contributed by atoms with Gasteiger partial charge in [0, 0.05) is 50.3 Å². The molecule has 2 fully saturated rings. The fraction of sp³-hybridized carbons (Fsp3) is 0.650. The van der Waals surface area contributed by atoms with Crippen LogP contribution in [-0.4, -0.2) is 63.0 Å². The molecule has 1 aliphatic heterocycles. The van der Waals surface area contributed by atoms with E-state index in [1.165, 1.54) is 0 Å². The van der Waals surface area contributed by atoms with Gasteiger partial charge < -0.3 is 24.4 Å². The maximum atomic E-state index is 13.6. The lowest BCUT2D eigenvalue weighted by Gasteiger charge is -2.30. The Morgan fingerprint density at radius 3 is 2.70 bits per heavy atom. The second-order valence-corrected chi connectivity index (χ2v) is 8.19. The van der Waals surface area contributed by atoms with E-state index in [0.717, 1.165) is 18.9 Å². The molecule has 1 saturated heterocycles. The molecule has 0 unspecified atom stereocenters. The van der Waals surface area contributed by atoms with Crippen LogP contribution in [-0.2, 0) is 27.0 Å². The van der Waals surface area contributed by atoms with Gasteiger partial charge in [-0.15, -0.1) is 0 Å². The topological polar surface area (TPSA) is 60.0 Å². The summed E-state index contributed by atoms with van der Waals surface area (Å²) in [6.45, 7) is 2.26. The van der Waals surface area contributed by atoms with Crippen molar-refractivity contribution in [2.45, 2.75) is 44.1 Å². The van der Waals surface area contributed by atoms with Crippen LogP contribution in [0, 0.1) is 0 Å². The minimum Gasteiger partial charge on any atom is -0.493 e. The van der Waals surface area contributed by atoms with Gasteiger partial charge in [0.1, 0.15) is 11.9 Å². The van der Waals surface area contributed by atoms with Crippen molar-refractivity contribution in [1.29, 1.82) is 0 Å². The maximum Gasteiger partial charge on any atom is 0.417 e. The number of hydrogen-bond donors (Lipinski definition) is 1. The van der Waals surface area contributed by atoms with Gasteiger partial charge in [-0.2, -0.15) is 13.2 Å². The van der Waals surface area contributed by atoms with Crippen molar-refractivity contribution in [3.63, 3.8) is 0 Å². The third kappa shape index (κ3) is 6.09. The number of nitrogens with zero attached hydrogens (tertiary/aromatic N) is 1. The minimum atomic E-state index is -4.55. The number of ether oxygens (including phenoxy) is 3. The first-order valence-corrected chi connectivity index (χ1v) is 10.7. The zero-order valence-corrected chi connectivity index (χ0v) is 18.4. The molecule has 1 saturated carbocycles. The maximum absolute atomic E-state index is 13.6. The van der Waals surface area contributed by atoms with Crippen molar-refractivity contribution in [2.24, 2.45) is 0 Å². The van der Waals surface area contributed by atoms with E-state index in [9.17, 15) is 18.0 Å². The van der Waals surface area contributed by atoms with E-state index in [4.69, 9.17) is 14.2 Å². The fourth-order valence-electron chi connectivity index (χ4n) is 3.32. The van der Waals surface area contributed by atoms with Gasteiger partial charge >= 0.3 is 6.18 Å². The number of morpholine rings is 1. The summed E-state index contributed by atoms with van der Waals surface area (Å²) in [5, 5.41) is 3.12. The van der Waals surface area contributed by atoms with Crippen molar-refractivity contribution in [3.8, 4) is 5.75 Å². The number of halogens is 4. The lowest BCUT2D eigenvalue weighted by molar-refractivity contribution is -0.146. The molecule has 1 heterocycles. The van der Waals surface area contributed by atoms with Crippen LogP contribution in [0.15, 0.2) is 16.6 Å². The van der Waals surface area contributed by atoms with E-state index >= 15 is 0 Å². The van der Waals surface area contributed by atoms with Crippen LogP contribution in [0.2, 0.25) is 0 Å². The molecule has 1 aliphatic carbocycles. The van der Waals surface area contributed by atoms with E-state index in [2.05, 4.69) is 21.2 Å². The van der Waals surface area contributed by atoms with Crippen molar-refractivity contribution in [2.75, 3.05) is 40.0 Å². The van der Waals surface area contributed by atoms with E-state index < -0.39 is 17.8 Å². The lowest BCUT2D eigenvalue weighted by Crippen LogP contribution is -2.49. The first kappa shape index (κ1) is 23.3. The molecular weight excluding hydrogens is 469 g/mol. The van der Waals surface area contributed by atoms with Crippen LogP contribution in [0.25, 0.3) is 0 Å². The van der Waals surface area contributed by atoms with Gasteiger partial charge in [0.2, 0.25) is 0 Å². The number of amides is 1. The molecule has 3 rings (SSSR count). The summed E-state index contributed by atoms with van der Waals surface area (Å²) < 4.78 is 56.8. The molecule has 0 spiro atoms. The smallest absolute Gasteiger partial charge is 0.417 e. The van der Waals surface area contributed by atoms with E-state index in [1.807, 2.05) is 0 Å². The van der Waals surface area contributed by atoms with Gasteiger partial charge in [0.15, 0.2) is 0 Å². The molecule has 168 valence electrons. The Morgan fingerprint density at radius 2 is 2.10 bits per heavy atom. The Hall–Kier alpha value is -1.36. The molecule has 1 atom stereocenters. The third-order valence-electron chi connectivity index (χ3n) is 5.00. The molecule has 6 nitrogen and oxygen atoms in total. The number of nitrogens with one attached hydrogen (secondary N) is 1. The first-order valence-electron chi connectivity index (χ1n) is 9.95. The highest BCUT2D eigenvalue weighted by molar-refractivity contribution is 9.10. The van der Waals surface area contributed by atoms with Gasteiger partial charge in [-0.3, -0.25) is 4.79 Å². The monoisotopic (exact) mass is 494 g/mol. The summed E-state index contributed by atoms with van der Waals surface area (Å²) in [4.78, 5) is 14.6. The van der Waals surface area contributed by atoms with Crippen LogP contribution in [0.3, 0.4) is 0 Å². The van der Waals surface area contributed by atoms with Crippen LogP contribution >= 0.6 is 15.9 Å². The SMILES string of the molecule is COCCCOc1cc(CN(C(=O)[C@H]2CNCCO2)C2CC2)c(Br)c(C(F)(F)F)c1. The predicted molar refractivity (Wildman–Crippen MR) is 107 cm³/mol. The normalized spacial score (nSPS) is 19.6. The van der Waals surface area contributed by atoms with Crippen LogP contribution in [0.1, 0.15) is 30.4 Å². The largest absolute Gasteiger partial charge is 0.493 e. The van der Waals surface area contributed by atoms with Gasteiger partial charge in [0.05, 0.1) is 18.8 Å². The Morgan fingerprint density at radius 1 is 1.33 bits per heavy atom. The number of alkyl halides is 3. The third-order valence-corrected chi connectivity index (χ3v) is 5.94. The quantitative estimate of drug-likeness (QED) is 0.533. The minimum absolute atomic E-state index is 0.0236. The summed E-state index contributed by atoms with van der Waals surface area (Å²) in [7, 11) is 1.55. The van der Waals surface area contributed by atoms with Gasteiger partial charge in [-0.25, -0.2) is 0 Å². The van der Waals surface area contributed by atoms with Crippen LogP contribution in [0.4, 0.5) is 13.2 Å². The molecule has 2 aliphatic rings. The second kappa shape index (κ2) is 10.3. The zero-order chi connectivity index (χ0) is 21.7. The predicted octanol–water partition coefficient (Wildman–Crippen LogP) is 3.36. The number of rotatable bonds is 9. The number of hydrogen-bond acceptors (Lipinski definition) is 5. The zero-order valence-electron chi connectivity index (χ0n) is 16.8. The Labute approximate surface area is 182 Å². The Balaban J connectivity index is 1.83. The lowest BCUT2D eigenvalue weighted by atomic mass is 10.1. The molecule has 1 aromatic rings. The van der Waals surface area contributed by atoms with Gasteiger partial charge in [-0.05, 0) is 46.5 Å². The van der Waals surface area contributed by atoms with E-state index in [0.29, 0.717) is 38.3 Å². The molecule has 1 aromatic carbocycles. The highest BCUT2D eigenvalue weighted by Gasteiger charge is 2.39. The summed E-state index contributed by atoms with van der Waals surface area (Å²) >= 11 is 3.11. The molecule has 30 heavy (non-hydrogen) atoms. The average molecular weight is 495 g/mol. The second-order valence-electron chi connectivity index (χ2n) is 7.40. The van der Waals surface area contributed by atoms with Crippen molar-refractivity contribution >= 4 is 21.8 Å². The van der Waals surface area contributed by atoms with E-state index in [-0.39, 0.29) is 35.3 Å². The molecule has 1 amide bonds. The summed E-state index contributed by atoms with van der Waals surface area (Å²) in [6.07, 6.45) is -2.94. The highest BCUT2D eigenvalue weighted by Crippen LogP contribution is 2.40. The Bertz CT molecular complexity index is 737. The molecule has 0 bridgehead atoms. The number of carbonyl (C=O) groups excluding carboxylic acids is 1. The number of methoxy groups -OCH3 is 1. The van der Waals surface area contributed by atoms with E-state index in [1.54, 1.807) is 18.1 Å². The molecule has 0 radical (unpaired) electrons. The average Bonchev–Trinajstić information content (AvgIpc) is 3.55. The van der Waals surface area contributed by atoms with Gasteiger partial charge in [0.25, 0.3) is 5.91 Å².